The van der Waals surface area contributed by atoms with E-state index in [0.717, 1.165) is 12.5 Å². The number of ether oxygens (including phenoxy) is 1. The molecule has 8 heteroatoms. The maximum atomic E-state index is 14.1. The van der Waals surface area contributed by atoms with E-state index in [9.17, 15) is 17.6 Å². The molecule has 0 aliphatic carbocycles. The number of rotatable bonds is 6. The Morgan fingerprint density at radius 1 is 1.33 bits per heavy atom. The van der Waals surface area contributed by atoms with E-state index in [1.807, 2.05) is 13.8 Å². The first-order chi connectivity index (χ1) is 11.3. The minimum atomic E-state index is -3.95. The van der Waals surface area contributed by atoms with E-state index in [1.165, 1.54) is 16.4 Å². The van der Waals surface area contributed by atoms with Crippen LogP contribution in [0.4, 0.5) is 10.1 Å². The van der Waals surface area contributed by atoms with Crippen LogP contribution in [0.2, 0.25) is 0 Å². The smallest absolute Gasteiger partial charge is 0.246 e. The van der Waals surface area contributed by atoms with Crippen molar-refractivity contribution >= 4 is 21.6 Å². The summed E-state index contributed by atoms with van der Waals surface area (Å²) in [6, 6.07) is 3.60. The van der Waals surface area contributed by atoms with Crippen LogP contribution in [0.1, 0.15) is 26.7 Å². The predicted octanol–water partition coefficient (Wildman–Crippen LogP) is 2.22. The largest absolute Gasteiger partial charge is 0.379 e. The number of nitrogens with zero attached hydrogens (tertiary/aromatic N) is 1. The Kier molecular flexibility index (Phi) is 6.31. The van der Waals surface area contributed by atoms with Crippen LogP contribution in [-0.2, 0) is 19.6 Å². The number of amides is 1. The second-order valence-corrected chi connectivity index (χ2v) is 8.05. The molecule has 0 atom stereocenters. The maximum absolute atomic E-state index is 14.1. The highest BCUT2D eigenvalue weighted by Gasteiger charge is 2.29. The first-order valence-corrected chi connectivity index (χ1v) is 9.42. The van der Waals surface area contributed by atoms with Gasteiger partial charge in [0.1, 0.15) is 10.7 Å². The van der Waals surface area contributed by atoms with Crippen molar-refractivity contribution in [3.8, 4) is 0 Å². The molecule has 1 aromatic rings. The molecule has 2 rings (SSSR count). The molecule has 1 fully saturated rings. The van der Waals surface area contributed by atoms with Crippen molar-refractivity contribution in [1.29, 1.82) is 0 Å². The van der Waals surface area contributed by atoms with E-state index in [2.05, 4.69) is 5.32 Å². The molecule has 6 nitrogen and oxygen atoms in total. The van der Waals surface area contributed by atoms with Gasteiger partial charge in [-0.05, 0) is 30.5 Å². The fraction of sp³-hybridized carbons (Fsp3) is 0.562. The number of carbonyl (C=O) groups is 1. The molecular weight excluding hydrogens is 335 g/mol. The number of sulfonamides is 1. The maximum Gasteiger partial charge on any atom is 0.246 e. The molecule has 0 saturated carbocycles. The highest BCUT2D eigenvalue weighted by atomic mass is 32.2. The Balaban J connectivity index is 2.17. The summed E-state index contributed by atoms with van der Waals surface area (Å²) in [5.74, 6) is -0.659. The molecule has 1 saturated heterocycles. The normalized spacial score (nSPS) is 16.3. The van der Waals surface area contributed by atoms with E-state index in [0.29, 0.717) is 12.3 Å². The van der Waals surface area contributed by atoms with Crippen LogP contribution in [0.15, 0.2) is 23.1 Å². The number of morpholine rings is 1. The molecule has 1 amide bonds. The van der Waals surface area contributed by atoms with E-state index in [4.69, 9.17) is 4.74 Å². The molecule has 0 spiro atoms. The van der Waals surface area contributed by atoms with Gasteiger partial charge in [-0.15, -0.1) is 0 Å². The zero-order valence-corrected chi connectivity index (χ0v) is 14.7. The molecule has 0 aromatic heterocycles. The highest BCUT2D eigenvalue weighted by molar-refractivity contribution is 7.89. The van der Waals surface area contributed by atoms with Crippen LogP contribution in [-0.4, -0.2) is 44.9 Å². The number of hydrogen-bond acceptors (Lipinski definition) is 4. The number of hydrogen-bond donors (Lipinski definition) is 1. The van der Waals surface area contributed by atoms with Gasteiger partial charge < -0.3 is 10.1 Å². The van der Waals surface area contributed by atoms with Crippen molar-refractivity contribution in [3.05, 3.63) is 24.0 Å². The predicted molar refractivity (Wildman–Crippen MR) is 88.7 cm³/mol. The number of benzene rings is 1. The minimum absolute atomic E-state index is 0.187. The van der Waals surface area contributed by atoms with Gasteiger partial charge >= 0.3 is 0 Å². The Hall–Kier alpha value is -1.51. The summed E-state index contributed by atoms with van der Waals surface area (Å²) in [6.07, 6.45) is 1.06. The highest BCUT2D eigenvalue weighted by Crippen LogP contribution is 2.24. The molecule has 1 N–H and O–H groups in total. The Bertz CT molecular complexity index is 685. The summed E-state index contributed by atoms with van der Waals surface area (Å²) in [5.41, 5.74) is 0.275. The minimum Gasteiger partial charge on any atom is -0.379 e. The lowest BCUT2D eigenvalue weighted by atomic mass is 10.1. The first-order valence-electron chi connectivity index (χ1n) is 7.98. The molecule has 1 aromatic carbocycles. The van der Waals surface area contributed by atoms with Crippen LogP contribution in [0.5, 0.6) is 0 Å². The second-order valence-electron chi connectivity index (χ2n) is 6.14. The van der Waals surface area contributed by atoms with Crippen molar-refractivity contribution in [3.63, 3.8) is 0 Å². The van der Waals surface area contributed by atoms with E-state index >= 15 is 0 Å². The van der Waals surface area contributed by atoms with Gasteiger partial charge in [-0.3, -0.25) is 4.79 Å². The molecular formula is C16H23FN2O4S. The molecule has 0 unspecified atom stereocenters. The SMILES string of the molecule is CC(C)CCC(=O)Nc1ccc(F)c(S(=O)(=O)N2CCOCC2)c1. The molecule has 0 bridgehead atoms. The molecule has 0 radical (unpaired) electrons. The fourth-order valence-electron chi connectivity index (χ4n) is 2.35. The number of halogens is 1. The number of anilines is 1. The lowest BCUT2D eigenvalue weighted by Gasteiger charge is -2.26. The fourth-order valence-corrected chi connectivity index (χ4v) is 3.85. The molecule has 24 heavy (non-hydrogen) atoms. The van der Waals surface area contributed by atoms with Crippen molar-refractivity contribution in [2.75, 3.05) is 31.6 Å². The molecule has 1 aliphatic rings. The second kappa shape index (κ2) is 8.04. The van der Waals surface area contributed by atoms with Crippen molar-refractivity contribution < 1.29 is 22.3 Å². The summed E-state index contributed by atoms with van der Waals surface area (Å²) < 4.78 is 45.5. The average molecular weight is 358 g/mol. The van der Waals surface area contributed by atoms with Crippen LogP contribution >= 0.6 is 0 Å². The van der Waals surface area contributed by atoms with Crippen LogP contribution < -0.4 is 5.32 Å². The zero-order chi connectivity index (χ0) is 17.7. The van der Waals surface area contributed by atoms with Gasteiger partial charge in [-0.1, -0.05) is 13.8 Å². The topological polar surface area (TPSA) is 75.7 Å². The van der Waals surface area contributed by atoms with E-state index in [1.54, 1.807) is 0 Å². The van der Waals surface area contributed by atoms with Gasteiger partial charge in [-0.25, -0.2) is 12.8 Å². The molecule has 1 aliphatic heterocycles. The van der Waals surface area contributed by atoms with Gasteiger partial charge in [0.25, 0.3) is 0 Å². The third-order valence-corrected chi connectivity index (χ3v) is 5.67. The Morgan fingerprint density at radius 3 is 2.62 bits per heavy atom. The molecule has 134 valence electrons. The van der Waals surface area contributed by atoms with Gasteiger partial charge in [-0.2, -0.15) is 4.31 Å². The number of nitrogens with one attached hydrogen (secondary N) is 1. The average Bonchev–Trinajstić information content (AvgIpc) is 2.55. The number of carbonyl (C=O) groups excluding carboxylic acids is 1. The molecule has 1 heterocycles. The van der Waals surface area contributed by atoms with Crippen molar-refractivity contribution in [1.82, 2.24) is 4.31 Å². The van der Waals surface area contributed by atoms with E-state index < -0.39 is 20.7 Å². The standard InChI is InChI=1S/C16H23FN2O4S/c1-12(2)3-6-16(20)18-13-4-5-14(17)15(11-13)24(21,22)19-7-9-23-10-8-19/h4-5,11-12H,3,6-10H2,1-2H3,(H,18,20). The quantitative estimate of drug-likeness (QED) is 0.846. The third kappa shape index (κ3) is 4.75. The summed E-state index contributed by atoms with van der Waals surface area (Å²) in [4.78, 5) is 11.5. The van der Waals surface area contributed by atoms with Crippen molar-refractivity contribution in [2.45, 2.75) is 31.6 Å². The monoisotopic (exact) mass is 358 g/mol. The van der Waals surface area contributed by atoms with Crippen molar-refractivity contribution in [2.24, 2.45) is 5.92 Å². The van der Waals surface area contributed by atoms with Gasteiger partial charge in [0.2, 0.25) is 15.9 Å². The summed E-state index contributed by atoms with van der Waals surface area (Å²) >= 11 is 0. The Morgan fingerprint density at radius 2 is 2.00 bits per heavy atom. The first kappa shape index (κ1) is 18.8. The van der Waals surface area contributed by atoms with Gasteiger partial charge in [0.15, 0.2) is 0 Å². The van der Waals surface area contributed by atoms with Crippen LogP contribution in [0, 0.1) is 11.7 Å². The third-order valence-electron chi connectivity index (χ3n) is 3.75. The van der Waals surface area contributed by atoms with Crippen LogP contribution in [0.3, 0.4) is 0 Å². The summed E-state index contributed by atoms with van der Waals surface area (Å²) in [6.45, 7) is 4.97. The lowest BCUT2D eigenvalue weighted by Crippen LogP contribution is -2.40. The summed E-state index contributed by atoms with van der Waals surface area (Å²) in [7, 11) is -3.95. The van der Waals surface area contributed by atoms with Crippen LogP contribution in [0.25, 0.3) is 0 Å². The Labute approximate surface area is 142 Å². The van der Waals surface area contributed by atoms with Gasteiger partial charge in [0.05, 0.1) is 13.2 Å². The van der Waals surface area contributed by atoms with Gasteiger partial charge in [0, 0.05) is 25.2 Å². The zero-order valence-electron chi connectivity index (χ0n) is 13.9. The lowest BCUT2D eigenvalue weighted by molar-refractivity contribution is -0.116. The summed E-state index contributed by atoms with van der Waals surface area (Å²) in [5, 5.41) is 2.63. The van der Waals surface area contributed by atoms with E-state index in [-0.39, 0.29) is 37.9 Å².